The van der Waals surface area contributed by atoms with Crippen LogP contribution in [-0.2, 0) is 14.3 Å². The molecule has 0 radical (unpaired) electrons. The molecule has 4 unspecified atom stereocenters. The Morgan fingerprint density at radius 3 is 2.68 bits per heavy atom. The van der Waals surface area contributed by atoms with E-state index in [-0.39, 0.29) is 22.9 Å². The quantitative estimate of drug-likeness (QED) is 0.673. The van der Waals surface area contributed by atoms with Gasteiger partial charge >= 0.3 is 5.97 Å². The van der Waals surface area contributed by atoms with E-state index in [9.17, 15) is 9.59 Å². The van der Waals surface area contributed by atoms with Crippen LogP contribution >= 0.6 is 0 Å². The molecular formula is C22H32O3. The number of carbonyl (C=O) groups is 2. The second kappa shape index (κ2) is 5.96. The summed E-state index contributed by atoms with van der Waals surface area (Å²) in [6, 6.07) is 0. The van der Waals surface area contributed by atoms with Crippen molar-refractivity contribution in [3.8, 4) is 0 Å². The Morgan fingerprint density at radius 1 is 1.12 bits per heavy atom. The SMILES string of the molecule is CCC(=O)OC1CC[C@H]2C3CCC4=CC(=O)CCC4(C)[C@H]3CCC12C. The first-order valence-corrected chi connectivity index (χ1v) is 10.3. The van der Waals surface area contributed by atoms with Crippen LogP contribution in [-0.4, -0.2) is 17.9 Å². The summed E-state index contributed by atoms with van der Waals surface area (Å²) in [5, 5.41) is 0. The molecule has 0 aromatic heterocycles. The van der Waals surface area contributed by atoms with Crippen LogP contribution in [0.2, 0.25) is 0 Å². The van der Waals surface area contributed by atoms with Gasteiger partial charge in [0.1, 0.15) is 6.10 Å². The summed E-state index contributed by atoms with van der Waals surface area (Å²) < 4.78 is 5.86. The molecule has 3 heteroatoms. The van der Waals surface area contributed by atoms with Crippen molar-refractivity contribution in [2.24, 2.45) is 28.6 Å². The van der Waals surface area contributed by atoms with Gasteiger partial charge in [0.05, 0.1) is 0 Å². The van der Waals surface area contributed by atoms with Crippen LogP contribution in [0.1, 0.15) is 78.6 Å². The molecule has 4 aliphatic rings. The summed E-state index contributed by atoms with van der Waals surface area (Å²) in [5.41, 5.74) is 1.82. The summed E-state index contributed by atoms with van der Waals surface area (Å²) in [6.07, 6.45) is 11.3. The van der Waals surface area contributed by atoms with Gasteiger partial charge in [-0.05, 0) is 74.2 Å². The number of ether oxygens (including phenoxy) is 1. The van der Waals surface area contributed by atoms with E-state index in [1.165, 1.54) is 24.8 Å². The molecule has 0 bridgehead atoms. The minimum atomic E-state index is -0.0411. The molecular weight excluding hydrogens is 312 g/mol. The molecule has 3 saturated carbocycles. The van der Waals surface area contributed by atoms with Crippen molar-refractivity contribution in [3.63, 3.8) is 0 Å². The fourth-order valence-electron chi connectivity index (χ4n) is 6.95. The highest BCUT2D eigenvalue weighted by molar-refractivity contribution is 5.91. The number of fused-ring (bicyclic) bond motifs is 5. The molecule has 0 heterocycles. The summed E-state index contributed by atoms with van der Waals surface area (Å²) >= 11 is 0. The second-order valence-electron chi connectivity index (χ2n) is 9.42. The third-order valence-corrected chi connectivity index (χ3v) is 8.44. The van der Waals surface area contributed by atoms with E-state index < -0.39 is 0 Å². The first-order valence-electron chi connectivity index (χ1n) is 10.3. The Labute approximate surface area is 151 Å². The van der Waals surface area contributed by atoms with E-state index in [1.54, 1.807) is 0 Å². The smallest absolute Gasteiger partial charge is 0.305 e. The molecule has 0 aromatic carbocycles. The van der Waals surface area contributed by atoms with Crippen LogP contribution in [0.5, 0.6) is 0 Å². The van der Waals surface area contributed by atoms with Gasteiger partial charge in [-0.1, -0.05) is 26.3 Å². The van der Waals surface area contributed by atoms with Gasteiger partial charge < -0.3 is 4.74 Å². The van der Waals surface area contributed by atoms with E-state index >= 15 is 0 Å². The largest absolute Gasteiger partial charge is 0.462 e. The topological polar surface area (TPSA) is 43.4 Å². The maximum Gasteiger partial charge on any atom is 0.305 e. The van der Waals surface area contributed by atoms with Gasteiger partial charge in [-0.25, -0.2) is 0 Å². The van der Waals surface area contributed by atoms with Crippen molar-refractivity contribution in [2.45, 2.75) is 84.7 Å². The third-order valence-electron chi connectivity index (χ3n) is 8.44. The molecule has 0 aromatic rings. The fourth-order valence-corrected chi connectivity index (χ4v) is 6.95. The van der Waals surface area contributed by atoms with Gasteiger partial charge in [0.25, 0.3) is 0 Å². The molecule has 0 N–H and O–H groups in total. The van der Waals surface area contributed by atoms with E-state index in [0.29, 0.717) is 24.0 Å². The molecule has 3 fully saturated rings. The van der Waals surface area contributed by atoms with Crippen molar-refractivity contribution in [1.82, 2.24) is 0 Å². The molecule has 0 spiro atoms. The van der Waals surface area contributed by atoms with E-state index in [0.717, 1.165) is 38.0 Å². The number of rotatable bonds is 2. The number of hydrogen-bond acceptors (Lipinski definition) is 3. The molecule has 3 nitrogen and oxygen atoms in total. The number of ketones is 1. The summed E-state index contributed by atoms with van der Waals surface area (Å²) in [7, 11) is 0. The van der Waals surface area contributed by atoms with Crippen molar-refractivity contribution < 1.29 is 14.3 Å². The zero-order chi connectivity index (χ0) is 17.8. The van der Waals surface area contributed by atoms with Gasteiger partial charge in [0.15, 0.2) is 5.78 Å². The lowest BCUT2D eigenvalue weighted by Crippen LogP contribution is -2.51. The lowest BCUT2D eigenvalue weighted by Gasteiger charge is -2.57. The molecule has 4 rings (SSSR count). The Morgan fingerprint density at radius 2 is 1.92 bits per heavy atom. The number of esters is 1. The van der Waals surface area contributed by atoms with Gasteiger partial charge in [0.2, 0.25) is 0 Å². The predicted octanol–water partition coefficient (Wildman–Crippen LogP) is 4.84. The highest BCUT2D eigenvalue weighted by atomic mass is 16.5. The zero-order valence-corrected chi connectivity index (χ0v) is 16.0. The first kappa shape index (κ1) is 17.3. The van der Waals surface area contributed by atoms with Crippen molar-refractivity contribution in [1.29, 1.82) is 0 Å². The first-order chi connectivity index (χ1) is 11.9. The number of hydrogen-bond donors (Lipinski definition) is 0. The fraction of sp³-hybridized carbons (Fsp3) is 0.818. The summed E-state index contributed by atoms with van der Waals surface area (Å²) in [4.78, 5) is 23.8. The van der Waals surface area contributed by atoms with Crippen molar-refractivity contribution in [3.05, 3.63) is 11.6 Å². The minimum Gasteiger partial charge on any atom is -0.462 e. The van der Waals surface area contributed by atoms with Crippen LogP contribution in [0.3, 0.4) is 0 Å². The highest BCUT2D eigenvalue weighted by Gasteiger charge is 2.59. The summed E-state index contributed by atoms with van der Waals surface area (Å²) in [6.45, 7) is 6.69. The normalized spacial score (nSPS) is 45.9. The van der Waals surface area contributed by atoms with E-state index in [1.807, 2.05) is 13.0 Å². The van der Waals surface area contributed by atoms with Crippen LogP contribution < -0.4 is 0 Å². The van der Waals surface area contributed by atoms with Gasteiger partial charge in [-0.15, -0.1) is 0 Å². The Balaban J connectivity index is 1.59. The van der Waals surface area contributed by atoms with Crippen molar-refractivity contribution >= 4 is 11.8 Å². The Bertz CT molecular complexity index is 621. The minimum absolute atomic E-state index is 0.0411. The zero-order valence-electron chi connectivity index (χ0n) is 16.0. The maximum atomic E-state index is 11.9. The predicted molar refractivity (Wildman–Crippen MR) is 96.9 cm³/mol. The molecule has 138 valence electrons. The van der Waals surface area contributed by atoms with Crippen LogP contribution in [0.15, 0.2) is 11.6 Å². The molecule has 0 saturated heterocycles. The summed E-state index contributed by atoms with van der Waals surface area (Å²) in [5.74, 6) is 2.41. The van der Waals surface area contributed by atoms with Crippen molar-refractivity contribution in [2.75, 3.05) is 0 Å². The standard InChI is InChI=1S/C22H32O3/c1-4-20(24)25-19-8-7-17-16-6-5-14-13-15(23)9-11-21(14,2)18(16)10-12-22(17,19)3/h13,16-19H,4-12H2,1-3H3/t16?,17-,18-,19?,21?,22?/m0/s1. The lowest BCUT2D eigenvalue weighted by molar-refractivity contribution is -0.159. The molecule has 25 heavy (non-hydrogen) atoms. The molecule has 4 aliphatic carbocycles. The molecule has 6 atom stereocenters. The number of carbonyl (C=O) groups excluding carboxylic acids is 2. The monoisotopic (exact) mass is 344 g/mol. The van der Waals surface area contributed by atoms with E-state index in [2.05, 4.69) is 13.8 Å². The van der Waals surface area contributed by atoms with Gasteiger partial charge in [-0.3, -0.25) is 9.59 Å². The average Bonchev–Trinajstić information content (AvgIpc) is 2.92. The number of allylic oxidation sites excluding steroid dienone is 1. The van der Waals surface area contributed by atoms with Gasteiger partial charge in [0, 0.05) is 18.3 Å². The third kappa shape index (κ3) is 2.52. The average molecular weight is 344 g/mol. The highest BCUT2D eigenvalue weighted by Crippen LogP contribution is 2.65. The molecule has 0 amide bonds. The Kier molecular flexibility index (Phi) is 4.12. The maximum absolute atomic E-state index is 11.9. The van der Waals surface area contributed by atoms with Gasteiger partial charge in [-0.2, -0.15) is 0 Å². The lowest BCUT2D eigenvalue weighted by atomic mass is 9.47. The van der Waals surface area contributed by atoms with Crippen LogP contribution in [0.25, 0.3) is 0 Å². The molecule has 0 aliphatic heterocycles. The van der Waals surface area contributed by atoms with Crippen LogP contribution in [0, 0.1) is 28.6 Å². The van der Waals surface area contributed by atoms with Crippen LogP contribution in [0.4, 0.5) is 0 Å². The Hall–Kier alpha value is -1.12. The second-order valence-corrected chi connectivity index (χ2v) is 9.42. The van der Waals surface area contributed by atoms with E-state index in [4.69, 9.17) is 4.74 Å².